The van der Waals surface area contributed by atoms with Crippen LogP contribution in [0.25, 0.3) is 0 Å². The highest BCUT2D eigenvalue weighted by Gasteiger charge is 2.37. The van der Waals surface area contributed by atoms with Gasteiger partial charge in [-0.1, -0.05) is 18.2 Å². The smallest absolute Gasteiger partial charge is 0.266 e. The molecular weight excluding hydrogens is 368 g/mol. The summed E-state index contributed by atoms with van der Waals surface area (Å²) in [6, 6.07) is 20.3. The average Bonchev–Trinajstić information content (AvgIpc) is 2.99. The summed E-state index contributed by atoms with van der Waals surface area (Å²) >= 11 is 0. The Kier molecular flexibility index (Phi) is 4.83. The number of carbonyl (C=O) groups excluding carboxylic acids is 3. The quantitative estimate of drug-likeness (QED) is 0.669. The number of benzene rings is 3. The van der Waals surface area contributed by atoms with E-state index in [-0.39, 0.29) is 17.0 Å². The Hall–Kier alpha value is -3.93. The number of nitrogens with one attached hydrogen (secondary N) is 1. The standard InChI is InChI=1S/C23H18N2O4/c1-2-29-18-11-9-17(10-12-18)25-22(27)19-13-8-15(14-20(19)23(25)28)21(26)24-16-6-4-3-5-7-16/h3-14H,2H2,1H3,(H,24,26). The summed E-state index contributed by atoms with van der Waals surface area (Å²) in [7, 11) is 0. The van der Waals surface area contributed by atoms with E-state index in [1.165, 1.54) is 12.1 Å². The highest BCUT2D eigenvalue weighted by molar-refractivity contribution is 6.34. The van der Waals surface area contributed by atoms with E-state index in [1.807, 2.05) is 25.1 Å². The van der Waals surface area contributed by atoms with Crippen molar-refractivity contribution in [2.24, 2.45) is 0 Å². The number of nitrogens with zero attached hydrogens (tertiary/aromatic N) is 1. The molecule has 0 spiro atoms. The van der Waals surface area contributed by atoms with Gasteiger partial charge in [0, 0.05) is 11.3 Å². The van der Waals surface area contributed by atoms with Crippen LogP contribution in [0.15, 0.2) is 72.8 Å². The number of amides is 3. The number of ether oxygens (including phenoxy) is 1. The molecule has 3 aromatic carbocycles. The van der Waals surface area contributed by atoms with Crippen molar-refractivity contribution in [3.63, 3.8) is 0 Å². The van der Waals surface area contributed by atoms with E-state index in [9.17, 15) is 14.4 Å². The summed E-state index contributed by atoms with van der Waals surface area (Å²) < 4.78 is 5.40. The Bertz CT molecular complexity index is 1090. The molecule has 0 unspecified atom stereocenters. The van der Waals surface area contributed by atoms with Gasteiger partial charge in [0.1, 0.15) is 5.75 Å². The highest BCUT2D eigenvalue weighted by atomic mass is 16.5. The normalized spacial score (nSPS) is 12.7. The molecule has 1 heterocycles. The first-order valence-electron chi connectivity index (χ1n) is 9.20. The second-order valence-corrected chi connectivity index (χ2v) is 6.45. The van der Waals surface area contributed by atoms with Gasteiger partial charge < -0.3 is 10.1 Å². The largest absolute Gasteiger partial charge is 0.494 e. The molecule has 0 fully saturated rings. The molecular formula is C23H18N2O4. The maximum absolute atomic E-state index is 12.9. The van der Waals surface area contributed by atoms with Crippen LogP contribution >= 0.6 is 0 Å². The fourth-order valence-electron chi connectivity index (χ4n) is 3.20. The number of hydrogen-bond donors (Lipinski definition) is 1. The number of fused-ring (bicyclic) bond motifs is 1. The first-order chi connectivity index (χ1) is 14.1. The second-order valence-electron chi connectivity index (χ2n) is 6.45. The molecule has 1 aliphatic heterocycles. The van der Waals surface area contributed by atoms with Crippen molar-refractivity contribution in [1.29, 1.82) is 0 Å². The minimum atomic E-state index is -0.455. The van der Waals surface area contributed by atoms with Crippen LogP contribution < -0.4 is 15.0 Å². The summed E-state index contributed by atoms with van der Waals surface area (Å²) in [6.07, 6.45) is 0. The van der Waals surface area contributed by atoms with Crippen molar-refractivity contribution in [2.45, 2.75) is 6.92 Å². The van der Waals surface area contributed by atoms with Gasteiger partial charge in [0.25, 0.3) is 17.7 Å². The maximum Gasteiger partial charge on any atom is 0.266 e. The zero-order valence-corrected chi connectivity index (χ0v) is 15.7. The third kappa shape index (κ3) is 3.48. The lowest BCUT2D eigenvalue weighted by Gasteiger charge is -2.14. The molecule has 0 saturated heterocycles. The third-order valence-electron chi connectivity index (χ3n) is 4.59. The Balaban J connectivity index is 1.60. The van der Waals surface area contributed by atoms with Gasteiger partial charge in [-0.3, -0.25) is 14.4 Å². The lowest BCUT2D eigenvalue weighted by Crippen LogP contribution is -2.29. The van der Waals surface area contributed by atoms with E-state index in [0.717, 1.165) is 4.90 Å². The number of imide groups is 1. The summed E-state index contributed by atoms with van der Waals surface area (Å²) in [5.41, 5.74) is 1.90. The predicted octanol–water partition coefficient (Wildman–Crippen LogP) is 4.14. The van der Waals surface area contributed by atoms with Gasteiger partial charge in [0.2, 0.25) is 0 Å². The topological polar surface area (TPSA) is 75.7 Å². The zero-order chi connectivity index (χ0) is 20.4. The molecule has 0 radical (unpaired) electrons. The number of carbonyl (C=O) groups is 3. The number of para-hydroxylation sites is 1. The molecule has 6 heteroatoms. The molecule has 29 heavy (non-hydrogen) atoms. The SMILES string of the molecule is CCOc1ccc(N2C(=O)c3ccc(C(=O)Nc4ccccc4)cc3C2=O)cc1. The molecule has 4 rings (SSSR count). The van der Waals surface area contributed by atoms with E-state index >= 15 is 0 Å². The molecule has 3 aromatic rings. The van der Waals surface area contributed by atoms with Crippen molar-refractivity contribution >= 4 is 29.1 Å². The van der Waals surface area contributed by atoms with Crippen molar-refractivity contribution in [2.75, 3.05) is 16.8 Å². The van der Waals surface area contributed by atoms with Crippen molar-refractivity contribution in [3.05, 3.63) is 89.5 Å². The van der Waals surface area contributed by atoms with Crippen LogP contribution in [0.3, 0.4) is 0 Å². The Morgan fingerprint density at radius 3 is 2.28 bits per heavy atom. The molecule has 0 atom stereocenters. The maximum atomic E-state index is 12.9. The Morgan fingerprint density at radius 2 is 1.59 bits per heavy atom. The van der Waals surface area contributed by atoms with Gasteiger partial charge in [-0.05, 0) is 61.5 Å². The van der Waals surface area contributed by atoms with Crippen LogP contribution in [0.4, 0.5) is 11.4 Å². The van der Waals surface area contributed by atoms with Crippen LogP contribution in [0.5, 0.6) is 5.75 Å². The van der Waals surface area contributed by atoms with Gasteiger partial charge in [0.05, 0.1) is 23.4 Å². The first-order valence-corrected chi connectivity index (χ1v) is 9.20. The third-order valence-corrected chi connectivity index (χ3v) is 4.59. The van der Waals surface area contributed by atoms with Crippen LogP contribution in [0.1, 0.15) is 38.0 Å². The van der Waals surface area contributed by atoms with Gasteiger partial charge in [0.15, 0.2) is 0 Å². The molecule has 0 bridgehead atoms. The highest BCUT2D eigenvalue weighted by Crippen LogP contribution is 2.30. The molecule has 6 nitrogen and oxygen atoms in total. The fourth-order valence-corrected chi connectivity index (χ4v) is 3.20. The van der Waals surface area contributed by atoms with Crippen LogP contribution in [0, 0.1) is 0 Å². The number of anilines is 2. The molecule has 144 valence electrons. The predicted molar refractivity (Wildman–Crippen MR) is 110 cm³/mol. The Labute approximate surface area is 167 Å². The molecule has 0 aromatic heterocycles. The second kappa shape index (κ2) is 7.59. The van der Waals surface area contributed by atoms with Crippen molar-refractivity contribution in [3.8, 4) is 5.75 Å². The van der Waals surface area contributed by atoms with Crippen LogP contribution in [-0.4, -0.2) is 24.3 Å². The molecule has 0 aliphatic carbocycles. The van der Waals surface area contributed by atoms with Crippen LogP contribution in [0.2, 0.25) is 0 Å². The van der Waals surface area contributed by atoms with Crippen molar-refractivity contribution in [1.82, 2.24) is 0 Å². The lowest BCUT2D eigenvalue weighted by molar-refractivity contribution is 0.0925. The number of hydrogen-bond acceptors (Lipinski definition) is 4. The number of rotatable bonds is 5. The van der Waals surface area contributed by atoms with E-state index in [4.69, 9.17) is 4.74 Å². The molecule has 0 saturated carbocycles. The minimum absolute atomic E-state index is 0.213. The summed E-state index contributed by atoms with van der Waals surface area (Å²) in [5, 5.41) is 2.77. The van der Waals surface area contributed by atoms with Gasteiger partial charge >= 0.3 is 0 Å². The van der Waals surface area contributed by atoms with Crippen LogP contribution in [-0.2, 0) is 0 Å². The van der Waals surface area contributed by atoms with Gasteiger partial charge in [-0.2, -0.15) is 0 Å². The molecule has 1 N–H and O–H groups in total. The van der Waals surface area contributed by atoms with E-state index in [0.29, 0.717) is 29.3 Å². The summed E-state index contributed by atoms with van der Waals surface area (Å²) in [5.74, 6) is -0.556. The van der Waals surface area contributed by atoms with Gasteiger partial charge in [-0.15, -0.1) is 0 Å². The fraction of sp³-hybridized carbons (Fsp3) is 0.0870. The van der Waals surface area contributed by atoms with E-state index in [2.05, 4.69) is 5.32 Å². The Morgan fingerprint density at radius 1 is 0.897 bits per heavy atom. The minimum Gasteiger partial charge on any atom is -0.494 e. The average molecular weight is 386 g/mol. The zero-order valence-electron chi connectivity index (χ0n) is 15.7. The lowest BCUT2D eigenvalue weighted by atomic mass is 10.1. The summed E-state index contributed by atoms with van der Waals surface area (Å²) in [4.78, 5) is 39.3. The van der Waals surface area contributed by atoms with E-state index in [1.54, 1.807) is 42.5 Å². The van der Waals surface area contributed by atoms with Gasteiger partial charge in [-0.25, -0.2) is 4.90 Å². The monoisotopic (exact) mass is 386 g/mol. The van der Waals surface area contributed by atoms with Crippen molar-refractivity contribution < 1.29 is 19.1 Å². The van der Waals surface area contributed by atoms with E-state index < -0.39 is 11.8 Å². The molecule has 3 amide bonds. The first kappa shape index (κ1) is 18.4. The summed E-state index contributed by atoms with van der Waals surface area (Å²) in [6.45, 7) is 2.41. The molecule has 1 aliphatic rings.